The molecule has 0 radical (unpaired) electrons. The molecule has 3 amide bonds. The summed E-state index contributed by atoms with van der Waals surface area (Å²) in [6.45, 7) is 3.30. The molecule has 7 nitrogen and oxygen atoms in total. The third-order valence-corrected chi connectivity index (χ3v) is 4.66. The van der Waals surface area contributed by atoms with Gasteiger partial charge in [-0.15, -0.1) is 0 Å². The molecule has 3 rings (SSSR count). The van der Waals surface area contributed by atoms with Gasteiger partial charge in [0.2, 0.25) is 5.91 Å². The molecule has 2 N–H and O–H groups in total. The highest BCUT2D eigenvalue weighted by atomic mass is 16.6. The van der Waals surface area contributed by atoms with Crippen molar-refractivity contribution >= 4 is 17.9 Å². The lowest BCUT2D eigenvalue weighted by atomic mass is 10.0. The lowest BCUT2D eigenvalue weighted by Gasteiger charge is -2.31. The Bertz CT molecular complexity index is 668. The molecule has 2 heterocycles. The fourth-order valence-corrected chi connectivity index (χ4v) is 3.38. The van der Waals surface area contributed by atoms with Gasteiger partial charge < -0.3 is 20.3 Å². The number of benzene rings is 1. The SMILES string of the molecule is CCOC(=O)N1CCC(NC(=O)CC2NC(=O)c3ccccc32)CC1. The highest BCUT2D eigenvalue weighted by Crippen LogP contribution is 2.27. The van der Waals surface area contributed by atoms with E-state index in [0.29, 0.717) is 38.1 Å². The number of carbonyl (C=O) groups is 3. The van der Waals surface area contributed by atoms with Gasteiger partial charge in [-0.2, -0.15) is 0 Å². The summed E-state index contributed by atoms with van der Waals surface area (Å²) in [5, 5.41) is 5.87. The van der Waals surface area contributed by atoms with Crippen molar-refractivity contribution in [2.24, 2.45) is 0 Å². The van der Waals surface area contributed by atoms with E-state index in [4.69, 9.17) is 4.74 Å². The zero-order valence-electron chi connectivity index (χ0n) is 14.3. The van der Waals surface area contributed by atoms with Gasteiger partial charge in [-0.3, -0.25) is 9.59 Å². The number of fused-ring (bicyclic) bond motifs is 1. The molecule has 0 spiro atoms. The maximum Gasteiger partial charge on any atom is 0.409 e. The van der Waals surface area contributed by atoms with Crippen molar-refractivity contribution in [1.82, 2.24) is 15.5 Å². The fourth-order valence-electron chi connectivity index (χ4n) is 3.38. The van der Waals surface area contributed by atoms with Gasteiger partial charge in [-0.25, -0.2) is 4.79 Å². The number of rotatable bonds is 4. The van der Waals surface area contributed by atoms with Gasteiger partial charge in [0.05, 0.1) is 19.1 Å². The number of hydrogen-bond donors (Lipinski definition) is 2. The van der Waals surface area contributed by atoms with Crippen LogP contribution in [0.1, 0.15) is 48.1 Å². The maximum absolute atomic E-state index is 12.3. The molecular weight excluding hydrogens is 322 g/mol. The molecule has 134 valence electrons. The van der Waals surface area contributed by atoms with Crippen molar-refractivity contribution in [3.05, 3.63) is 35.4 Å². The predicted molar refractivity (Wildman–Crippen MR) is 91.0 cm³/mol. The Balaban J connectivity index is 1.48. The number of likely N-dealkylation sites (tertiary alicyclic amines) is 1. The minimum atomic E-state index is -0.294. The summed E-state index contributed by atoms with van der Waals surface area (Å²) >= 11 is 0. The van der Waals surface area contributed by atoms with Crippen LogP contribution in [0.5, 0.6) is 0 Å². The van der Waals surface area contributed by atoms with Crippen LogP contribution >= 0.6 is 0 Å². The number of nitrogens with one attached hydrogen (secondary N) is 2. The molecule has 0 aliphatic carbocycles. The van der Waals surface area contributed by atoms with Crippen molar-refractivity contribution in [2.45, 2.75) is 38.3 Å². The summed E-state index contributed by atoms with van der Waals surface area (Å²) in [6.07, 6.45) is 1.34. The summed E-state index contributed by atoms with van der Waals surface area (Å²) in [5.41, 5.74) is 1.52. The second-order valence-electron chi connectivity index (χ2n) is 6.35. The van der Waals surface area contributed by atoms with Crippen molar-refractivity contribution in [1.29, 1.82) is 0 Å². The van der Waals surface area contributed by atoms with Gasteiger partial charge in [0.1, 0.15) is 0 Å². The second-order valence-corrected chi connectivity index (χ2v) is 6.35. The van der Waals surface area contributed by atoms with E-state index in [2.05, 4.69) is 10.6 Å². The quantitative estimate of drug-likeness (QED) is 0.868. The van der Waals surface area contributed by atoms with E-state index in [-0.39, 0.29) is 36.4 Å². The third kappa shape index (κ3) is 3.92. The van der Waals surface area contributed by atoms with Crippen molar-refractivity contribution in [3.8, 4) is 0 Å². The van der Waals surface area contributed by atoms with E-state index in [1.165, 1.54) is 0 Å². The van der Waals surface area contributed by atoms with Gasteiger partial charge in [0.15, 0.2) is 0 Å². The number of piperidine rings is 1. The maximum atomic E-state index is 12.3. The van der Waals surface area contributed by atoms with Gasteiger partial charge in [-0.1, -0.05) is 18.2 Å². The normalized spacial score (nSPS) is 20.0. The van der Waals surface area contributed by atoms with Crippen LogP contribution in [0.4, 0.5) is 4.79 Å². The van der Waals surface area contributed by atoms with E-state index in [1.54, 1.807) is 17.9 Å². The molecule has 25 heavy (non-hydrogen) atoms. The van der Waals surface area contributed by atoms with E-state index in [9.17, 15) is 14.4 Å². The Kier molecular flexibility index (Phi) is 5.21. The summed E-state index contributed by atoms with van der Waals surface area (Å²) in [4.78, 5) is 37.6. The van der Waals surface area contributed by atoms with Crippen molar-refractivity contribution in [3.63, 3.8) is 0 Å². The zero-order chi connectivity index (χ0) is 17.8. The molecule has 0 aromatic heterocycles. The second kappa shape index (κ2) is 7.55. The van der Waals surface area contributed by atoms with Crippen LogP contribution in [0.25, 0.3) is 0 Å². The monoisotopic (exact) mass is 345 g/mol. The van der Waals surface area contributed by atoms with E-state index >= 15 is 0 Å². The largest absolute Gasteiger partial charge is 0.450 e. The standard InChI is InChI=1S/C18H23N3O4/c1-2-25-18(24)21-9-7-12(8-10-21)19-16(22)11-15-13-5-3-4-6-14(13)17(23)20-15/h3-6,12,15H,2,7-11H2,1H3,(H,19,22)(H,20,23). The molecule has 2 aliphatic rings. The topological polar surface area (TPSA) is 87.7 Å². The molecule has 0 saturated carbocycles. The van der Waals surface area contributed by atoms with E-state index in [1.807, 2.05) is 18.2 Å². The lowest BCUT2D eigenvalue weighted by Crippen LogP contribution is -2.47. The first-order valence-electron chi connectivity index (χ1n) is 8.69. The Morgan fingerprint density at radius 2 is 2.00 bits per heavy atom. The predicted octanol–water partition coefficient (Wildman–Crippen LogP) is 1.60. The molecule has 7 heteroatoms. The molecule has 2 aliphatic heterocycles. The summed E-state index contributed by atoms with van der Waals surface area (Å²) in [6, 6.07) is 7.11. The first kappa shape index (κ1) is 17.3. The van der Waals surface area contributed by atoms with E-state index in [0.717, 1.165) is 5.56 Å². The molecule has 0 bridgehead atoms. The minimum absolute atomic E-state index is 0.0468. The Morgan fingerprint density at radius 1 is 1.28 bits per heavy atom. The van der Waals surface area contributed by atoms with Crippen molar-refractivity contribution in [2.75, 3.05) is 19.7 Å². The fraction of sp³-hybridized carbons (Fsp3) is 0.500. The summed E-state index contributed by atoms with van der Waals surface area (Å²) in [5.74, 6) is -0.215. The van der Waals surface area contributed by atoms with E-state index < -0.39 is 0 Å². The van der Waals surface area contributed by atoms with Crippen LogP contribution in [0.3, 0.4) is 0 Å². The number of ether oxygens (including phenoxy) is 1. The van der Waals surface area contributed by atoms with Gasteiger partial charge in [0, 0.05) is 24.7 Å². The zero-order valence-corrected chi connectivity index (χ0v) is 14.3. The Hall–Kier alpha value is -2.57. The average Bonchev–Trinajstić information content (AvgIpc) is 2.92. The summed E-state index contributed by atoms with van der Waals surface area (Å²) in [7, 11) is 0. The molecule has 1 atom stereocenters. The van der Waals surface area contributed by atoms with Crippen LogP contribution in [0, 0.1) is 0 Å². The first-order valence-corrected chi connectivity index (χ1v) is 8.69. The minimum Gasteiger partial charge on any atom is -0.450 e. The molecule has 1 saturated heterocycles. The first-order chi connectivity index (χ1) is 12.1. The van der Waals surface area contributed by atoms with Gasteiger partial charge in [0.25, 0.3) is 5.91 Å². The molecular formula is C18H23N3O4. The lowest BCUT2D eigenvalue weighted by molar-refractivity contribution is -0.122. The highest BCUT2D eigenvalue weighted by molar-refractivity contribution is 5.99. The number of carbonyl (C=O) groups excluding carboxylic acids is 3. The van der Waals surface area contributed by atoms with Gasteiger partial charge >= 0.3 is 6.09 Å². The molecule has 1 unspecified atom stereocenters. The molecule has 1 aromatic carbocycles. The molecule has 1 fully saturated rings. The molecule has 1 aromatic rings. The van der Waals surface area contributed by atoms with Crippen LogP contribution in [-0.2, 0) is 9.53 Å². The Labute approximate surface area is 146 Å². The smallest absolute Gasteiger partial charge is 0.409 e. The highest BCUT2D eigenvalue weighted by Gasteiger charge is 2.30. The number of nitrogens with zero attached hydrogens (tertiary/aromatic N) is 1. The number of amides is 3. The van der Waals surface area contributed by atoms with Crippen LogP contribution in [0.2, 0.25) is 0 Å². The van der Waals surface area contributed by atoms with Gasteiger partial charge in [-0.05, 0) is 31.4 Å². The van der Waals surface area contributed by atoms with Crippen LogP contribution < -0.4 is 10.6 Å². The third-order valence-electron chi connectivity index (χ3n) is 4.66. The van der Waals surface area contributed by atoms with Crippen LogP contribution in [0.15, 0.2) is 24.3 Å². The Morgan fingerprint density at radius 3 is 2.72 bits per heavy atom. The number of hydrogen-bond acceptors (Lipinski definition) is 4. The van der Waals surface area contributed by atoms with Crippen molar-refractivity contribution < 1.29 is 19.1 Å². The average molecular weight is 345 g/mol. The van der Waals surface area contributed by atoms with Crippen LogP contribution in [-0.4, -0.2) is 48.5 Å². The summed E-state index contributed by atoms with van der Waals surface area (Å²) < 4.78 is 4.99.